The van der Waals surface area contributed by atoms with E-state index in [1.54, 1.807) is 18.2 Å². The Hall–Kier alpha value is -0.770. The topological polar surface area (TPSA) is 32.3 Å². The normalized spacial score (nSPS) is 19.5. The van der Waals surface area contributed by atoms with Gasteiger partial charge in [-0.1, -0.05) is 23.2 Å². The molecule has 0 spiro atoms. The number of amides is 1. The summed E-state index contributed by atoms with van der Waals surface area (Å²) in [5.74, 6) is 0.524. The highest BCUT2D eigenvalue weighted by Gasteiger charge is 2.25. The van der Waals surface area contributed by atoms with E-state index in [1.165, 1.54) is 6.42 Å². The lowest BCUT2D eigenvalue weighted by molar-refractivity contribution is 0.0674. The third kappa shape index (κ3) is 3.62. The molecule has 0 aliphatic carbocycles. The van der Waals surface area contributed by atoms with Gasteiger partial charge in [0.1, 0.15) is 0 Å². The smallest absolute Gasteiger partial charge is 0.255 e. The molecule has 1 aliphatic heterocycles. The van der Waals surface area contributed by atoms with Crippen LogP contribution in [0, 0.1) is 5.92 Å². The highest BCUT2D eigenvalue weighted by Crippen LogP contribution is 2.24. The zero-order valence-corrected chi connectivity index (χ0v) is 12.5. The van der Waals surface area contributed by atoms with Crippen LogP contribution < -0.4 is 5.32 Å². The van der Waals surface area contributed by atoms with Gasteiger partial charge in [-0.3, -0.25) is 4.79 Å². The van der Waals surface area contributed by atoms with Crippen LogP contribution in [0.1, 0.15) is 23.2 Å². The molecule has 1 fully saturated rings. The van der Waals surface area contributed by atoms with Crippen LogP contribution in [0.25, 0.3) is 0 Å². The van der Waals surface area contributed by atoms with Crippen molar-refractivity contribution in [2.45, 2.75) is 12.8 Å². The van der Waals surface area contributed by atoms with Crippen molar-refractivity contribution in [2.24, 2.45) is 5.92 Å². The molecule has 1 aromatic carbocycles. The van der Waals surface area contributed by atoms with Crippen molar-refractivity contribution in [3.8, 4) is 0 Å². The summed E-state index contributed by atoms with van der Waals surface area (Å²) < 4.78 is 0. The van der Waals surface area contributed by atoms with Crippen molar-refractivity contribution in [3.05, 3.63) is 33.8 Å². The molecule has 0 aromatic heterocycles. The second kappa shape index (κ2) is 6.60. The summed E-state index contributed by atoms with van der Waals surface area (Å²) >= 11 is 12.0. The Kier molecular flexibility index (Phi) is 5.08. The van der Waals surface area contributed by atoms with Crippen molar-refractivity contribution < 1.29 is 4.79 Å². The van der Waals surface area contributed by atoms with Gasteiger partial charge in [0.05, 0.1) is 10.6 Å². The van der Waals surface area contributed by atoms with Crippen LogP contribution >= 0.6 is 23.2 Å². The van der Waals surface area contributed by atoms with E-state index >= 15 is 0 Å². The number of nitrogens with one attached hydrogen (secondary N) is 1. The van der Waals surface area contributed by atoms with Crippen LogP contribution in [0.5, 0.6) is 0 Å². The van der Waals surface area contributed by atoms with Gasteiger partial charge >= 0.3 is 0 Å². The number of hydrogen-bond acceptors (Lipinski definition) is 2. The van der Waals surface area contributed by atoms with Gasteiger partial charge in [0.2, 0.25) is 0 Å². The Morgan fingerprint density at radius 3 is 2.95 bits per heavy atom. The Morgan fingerprint density at radius 1 is 1.47 bits per heavy atom. The third-order valence-corrected chi connectivity index (χ3v) is 4.01. The van der Waals surface area contributed by atoms with Crippen LogP contribution in [0.3, 0.4) is 0 Å². The highest BCUT2D eigenvalue weighted by molar-refractivity contribution is 6.36. The summed E-state index contributed by atoms with van der Waals surface area (Å²) in [5, 5.41) is 4.15. The number of carbonyl (C=O) groups excluding carboxylic acids is 1. The summed E-state index contributed by atoms with van der Waals surface area (Å²) in [6.45, 7) is 2.54. The molecule has 1 atom stereocenters. The number of piperidine rings is 1. The van der Waals surface area contributed by atoms with Crippen molar-refractivity contribution >= 4 is 29.1 Å². The second-order valence-corrected chi connectivity index (χ2v) is 5.78. The number of benzene rings is 1. The molecular weight excluding hydrogens is 283 g/mol. The van der Waals surface area contributed by atoms with Crippen molar-refractivity contribution in [2.75, 3.05) is 26.7 Å². The Morgan fingerprint density at radius 2 is 2.26 bits per heavy atom. The molecular formula is C14H18Cl2N2O. The lowest BCUT2D eigenvalue weighted by Crippen LogP contribution is -2.42. The molecule has 1 aromatic rings. The van der Waals surface area contributed by atoms with E-state index in [1.807, 2.05) is 11.9 Å². The highest BCUT2D eigenvalue weighted by atomic mass is 35.5. The van der Waals surface area contributed by atoms with Crippen molar-refractivity contribution in [3.63, 3.8) is 0 Å². The number of carbonyl (C=O) groups is 1. The lowest BCUT2D eigenvalue weighted by Gasteiger charge is -2.33. The molecule has 0 radical (unpaired) electrons. The number of halogens is 2. The first-order chi connectivity index (χ1) is 9.11. The van der Waals surface area contributed by atoms with Gasteiger partial charge in [-0.2, -0.15) is 0 Å². The predicted molar refractivity (Wildman–Crippen MR) is 79.0 cm³/mol. The fraction of sp³-hybridized carbons (Fsp3) is 0.500. The lowest BCUT2D eigenvalue weighted by atomic mass is 9.97. The largest absolute Gasteiger partial charge is 0.338 e. The maximum Gasteiger partial charge on any atom is 0.255 e. The van der Waals surface area contributed by atoms with E-state index in [2.05, 4.69) is 5.32 Å². The molecule has 0 bridgehead atoms. The quantitative estimate of drug-likeness (QED) is 0.930. The summed E-state index contributed by atoms with van der Waals surface area (Å²) in [6, 6.07) is 5.02. The summed E-state index contributed by atoms with van der Waals surface area (Å²) in [6.07, 6.45) is 2.21. The van der Waals surface area contributed by atoms with E-state index in [4.69, 9.17) is 23.2 Å². The van der Waals surface area contributed by atoms with Crippen LogP contribution in [0.4, 0.5) is 0 Å². The van der Waals surface area contributed by atoms with Gasteiger partial charge in [0.15, 0.2) is 0 Å². The number of likely N-dealkylation sites (tertiary alicyclic amines) is 1. The van der Waals surface area contributed by atoms with Gasteiger partial charge in [-0.25, -0.2) is 0 Å². The molecule has 1 N–H and O–H groups in total. The second-order valence-electron chi connectivity index (χ2n) is 4.94. The zero-order valence-electron chi connectivity index (χ0n) is 11.0. The monoisotopic (exact) mass is 300 g/mol. The molecule has 0 saturated carbocycles. The molecule has 5 heteroatoms. The minimum atomic E-state index is 0.00229. The van der Waals surface area contributed by atoms with Crippen molar-refractivity contribution in [1.82, 2.24) is 10.2 Å². The first-order valence-corrected chi connectivity index (χ1v) is 7.26. The number of rotatable bonds is 3. The average molecular weight is 301 g/mol. The van der Waals surface area contributed by atoms with Gasteiger partial charge in [-0.05, 0) is 50.6 Å². The summed E-state index contributed by atoms with van der Waals surface area (Å²) in [7, 11) is 1.94. The van der Waals surface area contributed by atoms with Gasteiger partial charge in [-0.15, -0.1) is 0 Å². The van der Waals surface area contributed by atoms with E-state index in [0.717, 1.165) is 26.1 Å². The van der Waals surface area contributed by atoms with E-state index in [0.29, 0.717) is 21.5 Å². The Labute approximate surface area is 123 Å². The van der Waals surface area contributed by atoms with Crippen molar-refractivity contribution in [1.29, 1.82) is 0 Å². The minimum absolute atomic E-state index is 0.00229. The standard InChI is InChI=1S/C14H18Cl2N2O/c1-17-8-10-3-2-6-18(9-10)14(19)12-5-4-11(15)7-13(12)16/h4-5,7,10,17H,2-3,6,8-9H2,1H3. The average Bonchev–Trinajstić information content (AvgIpc) is 2.39. The number of hydrogen-bond donors (Lipinski definition) is 1. The molecule has 1 aliphatic rings. The van der Waals surface area contributed by atoms with E-state index < -0.39 is 0 Å². The van der Waals surface area contributed by atoms with Gasteiger partial charge < -0.3 is 10.2 Å². The molecule has 1 saturated heterocycles. The molecule has 1 heterocycles. The summed E-state index contributed by atoms with van der Waals surface area (Å²) in [5.41, 5.74) is 0.538. The van der Waals surface area contributed by atoms with Crippen LogP contribution in [-0.4, -0.2) is 37.5 Å². The zero-order chi connectivity index (χ0) is 13.8. The fourth-order valence-corrected chi connectivity index (χ4v) is 3.03. The molecule has 1 unspecified atom stereocenters. The first kappa shape index (κ1) is 14.6. The van der Waals surface area contributed by atoms with E-state index in [9.17, 15) is 4.79 Å². The maximum absolute atomic E-state index is 12.5. The molecule has 1 amide bonds. The van der Waals surface area contributed by atoms with Crippen LogP contribution in [0.15, 0.2) is 18.2 Å². The van der Waals surface area contributed by atoms with Gasteiger partial charge in [0, 0.05) is 18.1 Å². The SMILES string of the molecule is CNCC1CCCN(C(=O)c2ccc(Cl)cc2Cl)C1. The fourth-order valence-electron chi connectivity index (χ4n) is 2.54. The predicted octanol–water partition coefficient (Wildman–Crippen LogP) is 3.07. The van der Waals surface area contributed by atoms with E-state index in [-0.39, 0.29) is 5.91 Å². The van der Waals surface area contributed by atoms with Crippen LogP contribution in [0.2, 0.25) is 10.0 Å². The molecule has 19 heavy (non-hydrogen) atoms. The Bertz CT molecular complexity index is 463. The summed E-state index contributed by atoms with van der Waals surface area (Å²) in [4.78, 5) is 14.3. The van der Waals surface area contributed by atoms with Gasteiger partial charge in [0.25, 0.3) is 5.91 Å². The Balaban J connectivity index is 2.10. The maximum atomic E-state index is 12.5. The first-order valence-electron chi connectivity index (χ1n) is 6.50. The minimum Gasteiger partial charge on any atom is -0.338 e. The molecule has 2 rings (SSSR count). The molecule has 104 valence electrons. The van der Waals surface area contributed by atoms with Crippen LogP contribution in [-0.2, 0) is 0 Å². The molecule has 3 nitrogen and oxygen atoms in total. The number of nitrogens with zero attached hydrogens (tertiary/aromatic N) is 1. The third-order valence-electron chi connectivity index (χ3n) is 3.46.